The summed E-state index contributed by atoms with van der Waals surface area (Å²) < 4.78 is 0. The van der Waals surface area contributed by atoms with Crippen LogP contribution in [0.5, 0.6) is 0 Å². The number of Topliss-reactive ketones (excluding diaryl/α,β-unsaturated/α-hetero) is 2. The topological polar surface area (TPSA) is 34.1 Å². The van der Waals surface area contributed by atoms with Crippen molar-refractivity contribution in [3.05, 3.63) is 41.0 Å². The zero-order chi connectivity index (χ0) is 22.1. The van der Waals surface area contributed by atoms with E-state index >= 15 is 0 Å². The fourth-order valence-corrected chi connectivity index (χ4v) is 6.84. The van der Waals surface area contributed by atoms with Gasteiger partial charge in [0.1, 0.15) is 5.78 Å². The third-order valence-electron chi connectivity index (χ3n) is 10.2. The Balaban J connectivity index is 0.000000168. The molecule has 30 heavy (non-hydrogen) atoms. The molecular formula is C28H38O2. The first-order chi connectivity index (χ1) is 13.8. The second-order valence-corrected chi connectivity index (χ2v) is 11.9. The van der Waals surface area contributed by atoms with Gasteiger partial charge in [-0.05, 0) is 72.5 Å². The molecule has 0 spiro atoms. The van der Waals surface area contributed by atoms with Gasteiger partial charge in [-0.1, -0.05) is 71.4 Å². The summed E-state index contributed by atoms with van der Waals surface area (Å²) in [6.45, 7) is 15.4. The van der Waals surface area contributed by atoms with Crippen molar-refractivity contribution in [2.75, 3.05) is 0 Å². The molecule has 4 saturated carbocycles. The van der Waals surface area contributed by atoms with Crippen LogP contribution in [0.2, 0.25) is 0 Å². The van der Waals surface area contributed by atoms with Crippen LogP contribution in [0.3, 0.4) is 0 Å². The van der Waals surface area contributed by atoms with Crippen LogP contribution in [0.4, 0.5) is 0 Å². The summed E-state index contributed by atoms with van der Waals surface area (Å²) in [6, 6.07) is 8.43. The van der Waals surface area contributed by atoms with Gasteiger partial charge in [0, 0.05) is 17.3 Å². The maximum absolute atomic E-state index is 12.7. The highest BCUT2D eigenvalue weighted by atomic mass is 16.1. The van der Waals surface area contributed by atoms with Gasteiger partial charge >= 0.3 is 0 Å². The van der Waals surface area contributed by atoms with Gasteiger partial charge in [-0.2, -0.15) is 0 Å². The van der Waals surface area contributed by atoms with Crippen LogP contribution in [-0.4, -0.2) is 11.6 Å². The van der Waals surface area contributed by atoms with Gasteiger partial charge in [-0.3, -0.25) is 9.59 Å². The van der Waals surface area contributed by atoms with Crippen LogP contribution in [0.25, 0.3) is 6.08 Å². The van der Waals surface area contributed by atoms with E-state index in [9.17, 15) is 9.59 Å². The lowest BCUT2D eigenvalue weighted by Gasteiger charge is -2.32. The fraction of sp³-hybridized carbons (Fsp3) is 0.643. The lowest BCUT2D eigenvalue weighted by Crippen LogP contribution is -2.32. The third-order valence-corrected chi connectivity index (χ3v) is 10.2. The summed E-state index contributed by atoms with van der Waals surface area (Å²) in [7, 11) is 0. The molecule has 4 aliphatic rings. The van der Waals surface area contributed by atoms with E-state index in [1.165, 1.54) is 12.0 Å². The van der Waals surface area contributed by atoms with Crippen LogP contribution >= 0.6 is 0 Å². The van der Waals surface area contributed by atoms with E-state index in [4.69, 9.17) is 0 Å². The van der Waals surface area contributed by atoms with E-state index in [1.807, 2.05) is 0 Å². The predicted octanol–water partition coefficient (Wildman–Crippen LogP) is 6.81. The molecule has 4 unspecified atom stereocenters. The Labute approximate surface area is 182 Å². The number of carbonyl (C=O) groups excluding carboxylic acids is 2. The zero-order valence-corrected chi connectivity index (χ0v) is 19.9. The maximum atomic E-state index is 12.7. The molecule has 4 bridgehead atoms. The minimum absolute atomic E-state index is 0.0255. The second-order valence-electron chi connectivity index (χ2n) is 11.9. The van der Waals surface area contributed by atoms with Gasteiger partial charge in [0.05, 0.1) is 0 Å². The highest BCUT2D eigenvalue weighted by molar-refractivity contribution is 6.07. The molecule has 5 rings (SSSR count). The Kier molecular flexibility index (Phi) is 4.77. The van der Waals surface area contributed by atoms with Gasteiger partial charge in [-0.15, -0.1) is 0 Å². The van der Waals surface area contributed by atoms with E-state index in [2.05, 4.69) is 78.8 Å². The molecule has 4 aliphatic carbocycles. The predicted molar refractivity (Wildman–Crippen MR) is 123 cm³/mol. The lowest BCUT2D eigenvalue weighted by atomic mass is 9.70. The quantitative estimate of drug-likeness (QED) is 0.480. The van der Waals surface area contributed by atoms with E-state index in [0.717, 1.165) is 36.8 Å². The number of hydrogen-bond acceptors (Lipinski definition) is 2. The summed E-state index contributed by atoms with van der Waals surface area (Å²) in [5.74, 6) is 2.01. The minimum atomic E-state index is -0.145. The van der Waals surface area contributed by atoms with Crippen molar-refractivity contribution in [1.29, 1.82) is 0 Å². The Bertz CT molecular complexity index is 916. The molecule has 0 saturated heterocycles. The average Bonchev–Trinajstić information content (AvgIpc) is 3.17. The number of benzene rings is 1. The number of hydrogen-bond donors (Lipinski definition) is 0. The minimum Gasteiger partial charge on any atom is -0.299 e. The molecule has 1 aromatic carbocycles. The molecule has 0 radical (unpaired) electrons. The summed E-state index contributed by atoms with van der Waals surface area (Å²) in [5.41, 5.74) is 3.74. The zero-order valence-electron chi connectivity index (χ0n) is 19.9. The number of carbonyl (C=O) groups is 2. The van der Waals surface area contributed by atoms with Crippen molar-refractivity contribution in [2.24, 2.45) is 33.5 Å². The fourth-order valence-electron chi connectivity index (χ4n) is 6.84. The first-order valence-electron chi connectivity index (χ1n) is 11.7. The Morgan fingerprint density at radius 2 is 1.43 bits per heavy atom. The molecule has 2 heteroatoms. The SMILES string of the molecule is CC12CCC(CC1=O)C2(C)C.Cc1ccc(C=C2C(=O)C3(C)CCC2C3(C)C)cc1. The second kappa shape index (κ2) is 6.65. The number of fused-ring (bicyclic) bond motifs is 4. The first kappa shape index (κ1) is 21.5. The molecular weight excluding hydrogens is 368 g/mol. The van der Waals surface area contributed by atoms with Crippen LogP contribution in [0.15, 0.2) is 29.8 Å². The van der Waals surface area contributed by atoms with Gasteiger partial charge < -0.3 is 0 Å². The van der Waals surface area contributed by atoms with Gasteiger partial charge in [0.25, 0.3) is 0 Å². The molecule has 0 aliphatic heterocycles. The molecule has 162 valence electrons. The number of allylic oxidation sites excluding steroid dienone is 1. The lowest BCUT2D eigenvalue weighted by molar-refractivity contribution is -0.128. The summed E-state index contributed by atoms with van der Waals surface area (Å²) in [6.07, 6.45) is 7.59. The average molecular weight is 407 g/mol. The monoisotopic (exact) mass is 406 g/mol. The third kappa shape index (κ3) is 2.75. The van der Waals surface area contributed by atoms with E-state index in [1.54, 1.807) is 0 Å². The molecule has 0 amide bonds. The molecule has 1 aromatic rings. The van der Waals surface area contributed by atoms with Crippen molar-refractivity contribution in [3.63, 3.8) is 0 Å². The number of ketones is 2. The van der Waals surface area contributed by atoms with Crippen LogP contribution < -0.4 is 0 Å². The van der Waals surface area contributed by atoms with E-state index in [-0.39, 0.29) is 21.7 Å². The normalized spacial score (nSPS) is 38.8. The molecule has 0 aromatic heterocycles. The van der Waals surface area contributed by atoms with Crippen molar-refractivity contribution < 1.29 is 9.59 Å². The maximum Gasteiger partial charge on any atom is 0.165 e. The number of aryl methyl sites for hydroxylation is 1. The first-order valence-corrected chi connectivity index (χ1v) is 11.7. The molecule has 4 fully saturated rings. The Morgan fingerprint density at radius 3 is 1.83 bits per heavy atom. The standard InChI is InChI=1S/C18H22O.C10H16O/c1-12-5-7-13(8-6-12)11-14-15-9-10-18(4,16(14)19)17(15,2)3;1-9(2)7-4-5-10(9,3)8(11)6-7/h5-8,11,15H,9-10H2,1-4H3;7H,4-6H2,1-3H3. The highest BCUT2D eigenvalue weighted by Gasteiger charge is 2.64. The van der Waals surface area contributed by atoms with Gasteiger partial charge in [-0.25, -0.2) is 0 Å². The number of rotatable bonds is 1. The molecule has 4 atom stereocenters. The highest BCUT2D eigenvalue weighted by Crippen LogP contribution is 2.66. The molecule has 2 nitrogen and oxygen atoms in total. The Hall–Kier alpha value is -1.70. The largest absolute Gasteiger partial charge is 0.299 e. The summed E-state index contributed by atoms with van der Waals surface area (Å²) in [4.78, 5) is 24.3. The molecule has 0 heterocycles. The van der Waals surface area contributed by atoms with Crippen LogP contribution in [0.1, 0.15) is 84.8 Å². The molecule has 0 N–H and O–H groups in total. The van der Waals surface area contributed by atoms with Crippen LogP contribution in [-0.2, 0) is 9.59 Å². The summed E-state index contributed by atoms with van der Waals surface area (Å²) in [5, 5.41) is 0. The van der Waals surface area contributed by atoms with Crippen LogP contribution in [0, 0.1) is 40.4 Å². The van der Waals surface area contributed by atoms with Gasteiger partial charge in [0.2, 0.25) is 0 Å². The van der Waals surface area contributed by atoms with Crippen molar-refractivity contribution in [1.82, 2.24) is 0 Å². The van der Waals surface area contributed by atoms with Crippen molar-refractivity contribution >= 4 is 17.6 Å². The van der Waals surface area contributed by atoms with Crippen molar-refractivity contribution in [3.8, 4) is 0 Å². The smallest absolute Gasteiger partial charge is 0.165 e. The summed E-state index contributed by atoms with van der Waals surface area (Å²) >= 11 is 0. The Morgan fingerprint density at radius 1 is 0.833 bits per heavy atom. The van der Waals surface area contributed by atoms with Crippen molar-refractivity contribution in [2.45, 2.75) is 80.6 Å². The van der Waals surface area contributed by atoms with E-state index in [0.29, 0.717) is 23.4 Å². The van der Waals surface area contributed by atoms with E-state index < -0.39 is 0 Å². The van der Waals surface area contributed by atoms with Gasteiger partial charge in [0.15, 0.2) is 5.78 Å².